The van der Waals surface area contributed by atoms with Crippen molar-refractivity contribution in [3.05, 3.63) is 35.9 Å². The average Bonchev–Trinajstić information content (AvgIpc) is 2.96. The lowest BCUT2D eigenvalue weighted by atomic mass is 9.51. The van der Waals surface area contributed by atoms with Crippen LogP contribution in [0.2, 0.25) is 12.6 Å². The number of aliphatic carboxylic acids is 1. The summed E-state index contributed by atoms with van der Waals surface area (Å²) in [6.07, 6.45) is 3.49. The first-order valence-electron chi connectivity index (χ1n) is 9.71. The number of carbonyl (C=O) groups is 2. The molecule has 2 heterocycles. The number of nitrogens with zero attached hydrogens (tertiary/aromatic N) is 1. The van der Waals surface area contributed by atoms with E-state index in [1.165, 1.54) is 0 Å². The number of carbonyl (C=O) groups excluding carboxylic acids is 1. The number of fused-ring (bicyclic) bond motifs is 1. The number of carboxylic acids is 1. The second-order valence-corrected chi connectivity index (χ2v) is 8.87. The molecule has 1 aromatic rings. The summed E-state index contributed by atoms with van der Waals surface area (Å²) in [6, 6.07) is 9.56. The zero-order chi connectivity index (χ0) is 19.7. The van der Waals surface area contributed by atoms with Crippen LogP contribution >= 0.6 is 0 Å². The molecule has 1 amide bonds. The zero-order valence-corrected chi connectivity index (χ0v) is 16.4. The molecule has 0 radical (unpaired) electrons. The first-order chi connectivity index (χ1) is 12.7. The molecule has 7 heteroatoms. The smallest absolute Gasteiger partial charge is 0.408 e. The van der Waals surface area contributed by atoms with Gasteiger partial charge < -0.3 is 20.0 Å². The van der Waals surface area contributed by atoms with Crippen LogP contribution in [0.1, 0.15) is 39.2 Å². The number of hydrogen-bond acceptors (Lipinski definition) is 4. The van der Waals surface area contributed by atoms with E-state index in [0.717, 1.165) is 24.6 Å². The number of amides is 1. The quantitative estimate of drug-likeness (QED) is 0.795. The van der Waals surface area contributed by atoms with Gasteiger partial charge in [-0.1, -0.05) is 43.0 Å². The molecule has 2 aliphatic rings. The maximum Gasteiger partial charge on any atom is 0.408 e. The van der Waals surface area contributed by atoms with Gasteiger partial charge in [0.15, 0.2) is 0 Å². The molecule has 2 N–H and O–H groups in total. The van der Waals surface area contributed by atoms with Gasteiger partial charge in [0.05, 0.1) is 11.6 Å². The van der Waals surface area contributed by atoms with Gasteiger partial charge in [-0.25, -0.2) is 4.79 Å². The lowest BCUT2D eigenvalue weighted by Gasteiger charge is -2.45. The molecule has 1 aromatic carbocycles. The topological polar surface area (TPSA) is 78.9 Å². The summed E-state index contributed by atoms with van der Waals surface area (Å²) >= 11 is 0. The van der Waals surface area contributed by atoms with Crippen LogP contribution in [0.4, 0.5) is 4.79 Å². The number of nitrogens with one attached hydrogen (secondary N) is 1. The Balaban J connectivity index is 1.83. The molecular formula is C20H29BN2O4. The first-order valence-corrected chi connectivity index (χ1v) is 9.71. The third kappa shape index (κ3) is 4.83. The Hall–Kier alpha value is -2.02. The highest BCUT2D eigenvalue weighted by atomic mass is 16.6. The van der Waals surface area contributed by atoms with Gasteiger partial charge in [0.2, 0.25) is 6.85 Å². The van der Waals surface area contributed by atoms with Crippen molar-refractivity contribution in [1.82, 2.24) is 10.1 Å². The van der Waals surface area contributed by atoms with Crippen molar-refractivity contribution in [2.24, 2.45) is 0 Å². The maximum atomic E-state index is 12.6. The molecule has 0 bridgehead atoms. The number of benzene rings is 1. The Kier molecular flexibility index (Phi) is 5.51. The SMILES string of the molecule is CC(C)(C)OC(=O)N[C@@]1(Cc2ccccc2)CCB2CC[C@@H](C(=O)O)N2C1. The largest absolute Gasteiger partial charge is 0.480 e. The lowest BCUT2D eigenvalue weighted by molar-refractivity contribution is -0.141. The molecule has 6 nitrogen and oxygen atoms in total. The Labute approximate surface area is 161 Å². The molecule has 2 atom stereocenters. The monoisotopic (exact) mass is 372 g/mol. The predicted molar refractivity (Wildman–Crippen MR) is 105 cm³/mol. The molecule has 2 saturated heterocycles. The van der Waals surface area contributed by atoms with Crippen molar-refractivity contribution < 1.29 is 19.4 Å². The number of rotatable bonds is 4. The number of ether oxygens (including phenoxy) is 1. The van der Waals surface area contributed by atoms with Crippen molar-refractivity contribution in [3.63, 3.8) is 0 Å². The Morgan fingerprint density at radius 1 is 1.30 bits per heavy atom. The van der Waals surface area contributed by atoms with Crippen LogP contribution < -0.4 is 5.32 Å². The third-order valence-electron chi connectivity index (χ3n) is 5.52. The van der Waals surface area contributed by atoms with Crippen molar-refractivity contribution in [2.75, 3.05) is 6.54 Å². The summed E-state index contributed by atoms with van der Waals surface area (Å²) in [4.78, 5) is 26.3. The van der Waals surface area contributed by atoms with E-state index in [1.807, 2.05) is 51.1 Å². The summed E-state index contributed by atoms with van der Waals surface area (Å²) in [5.41, 5.74) is 0.0168. The third-order valence-corrected chi connectivity index (χ3v) is 5.52. The summed E-state index contributed by atoms with van der Waals surface area (Å²) in [5, 5.41) is 12.7. The molecular weight excluding hydrogens is 343 g/mol. The summed E-state index contributed by atoms with van der Waals surface area (Å²) in [7, 11) is 0. The van der Waals surface area contributed by atoms with Gasteiger partial charge in [0.25, 0.3) is 0 Å². The Morgan fingerprint density at radius 2 is 2.00 bits per heavy atom. The minimum Gasteiger partial charge on any atom is -0.480 e. The van der Waals surface area contributed by atoms with E-state index in [0.29, 0.717) is 19.4 Å². The molecule has 3 rings (SSSR count). The van der Waals surface area contributed by atoms with E-state index in [9.17, 15) is 14.7 Å². The van der Waals surface area contributed by atoms with Gasteiger partial charge in [-0.15, -0.1) is 0 Å². The predicted octanol–water partition coefficient (Wildman–Crippen LogP) is 3.05. The number of alkyl carbamates (subject to hydrolysis) is 1. The second kappa shape index (κ2) is 7.54. The zero-order valence-electron chi connectivity index (χ0n) is 16.4. The number of hydrogen-bond donors (Lipinski definition) is 2. The molecule has 0 unspecified atom stereocenters. The first kappa shape index (κ1) is 19.7. The van der Waals surface area contributed by atoms with Gasteiger partial charge >= 0.3 is 12.1 Å². The molecule has 0 saturated carbocycles. The van der Waals surface area contributed by atoms with E-state index < -0.39 is 29.2 Å². The highest BCUT2D eigenvalue weighted by Gasteiger charge is 2.49. The summed E-state index contributed by atoms with van der Waals surface area (Å²) < 4.78 is 5.50. The van der Waals surface area contributed by atoms with Crippen LogP contribution in [0.25, 0.3) is 0 Å². The van der Waals surface area contributed by atoms with Crippen molar-refractivity contribution >= 4 is 18.9 Å². The van der Waals surface area contributed by atoms with Gasteiger partial charge in [0, 0.05) is 6.54 Å². The second-order valence-electron chi connectivity index (χ2n) is 8.87. The van der Waals surface area contributed by atoms with Crippen molar-refractivity contribution in [3.8, 4) is 0 Å². The fourth-order valence-corrected chi connectivity index (χ4v) is 4.42. The van der Waals surface area contributed by atoms with Crippen LogP contribution in [-0.4, -0.2) is 52.6 Å². The molecule has 0 aliphatic carbocycles. The lowest BCUT2D eigenvalue weighted by Crippen LogP contribution is -2.64. The van der Waals surface area contributed by atoms with Gasteiger partial charge in [0.1, 0.15) is 5.60 Å². The van der Waals surface area contributed by atoms with Crippen LogP contribution in [-0.2, 0) is 16.0 Å². The Bertz CT molecular complexity index is 691. The van der Waals surface area contributed by atoms with E-state index in [2.05, 4.69) is 10.1 Å². The van der Waals surface area contributed by atoms with E-state index in [1.54, 1.807) is 0 Å². The van der Waals surface area contributed by atoms with Crippen molar-refractivity contribution in [2.45, 2.75) is 69.9 Å². The normalized spacial score (nSPS) is 25.7. The molecule has 0 aromatic heterocycles. The van der Waals surface area contributed by atoms with Crippen LogP contribution in [0.15, 0.2) is 30.3 Å². The van der Waals surface area contributed by atoms with Gasteiger partial charge in [-0.05, 0) is 45.6 Å². The minimum atomic E-state index is -0.773. The van der Waals surface area contributed by atoms with Crippen molar-refractivity contribution in [1.29, 1.82) is 0 Å². The molecule has 0 spiro atoms. The minimum absolute atomic E-state index is 0.287. The molecule has 2 fully saturated rings. The highest BCUT2D eigenvalue weighted by molar-refractivity contribution is 6.57. The number of carboxylic acid groups (broad SMARTS) is 1. The van der Waals surface area contributed by atoms with Gasteiger partial charge in [-0.3, -0.25) is 4.79 Å². The van der Waals surface area contributed by atoms with E-state index in [-0.39, 0.29) is 6.85 Å². The maximum absolute atomic E-state index is 12.6. The Morgan fingerprint density at radius 3 is 2.63 bits per heavy atom. The van der Waals surface area contributed by atoms with E-state index >= 15 is 0 Å². The summed E-state index contributed by atoms with van der Waals surface area (Å²) in [6.45, 7) is 6.34. The van der Waals surface area contributed by atoms with Gasteiger partial charge in [-0.2, -0.15) is 0 Å². The molecule has 2 aliphatic heterocycles. The fourth-order valence-electron chi connectivity index (χ4n) is 4.42. The standard InChI is InChI=1S/C20H29BN2O4/c1-19(2,3)27-18(26)22-20(13-15-7-5-4-6-8-15)10-12-21-11-9-16(17(24)25)23(21)14-20/h4-8,16H,9-14H2,1-3H3,(H,22,26)(H,24,25)/t16-,20+/m0/s1. The molecule has 146 valence electrons. The van der Waals surface area contributed by atoms with Crippen LogP contribution in [0.5, 0.6) is 0 Å². The molecule has 27 heavy (non-hydrogen) atoms. The van der Waals surface area contributed by atoms with E-state index in [4.69, 9.17) is 4.74 Å². The average molecular weight is 372 g/mol. The summed E-state index contributed by atoms with van der Waals surface area (Å²) in [5.74, 6) is -0.773. The highest BCUT2D eigenvalue weighted by Crippen LogP contribution is 2.36. The van der Waals surface area contributed by atoms with Crippen LogP contribution in [0, 0.1) is 0 Å². The van der Waals surface area contributed by atoms with Crippen LogP contribution in [0.3, 0.4) is 0 Å². The fraction of sp³-hybridized carbons (Fsp3) is 0.600.